The first kappa shape index (κ1) is 14.2. The van der Waals surface area contributed by atoms with Crippen LogP contribution in [0.1, 0.15) is 37.9 Å². The largest absolute Gasteiger partial charge is 0.458 e. The number of amides is 2. The van der Waals surface area contributed by atoms with Crippen LogP contribution in [0.4, 0.5) is 4.79 Å². The van der Waals surface area contributed by atoms with Gasteiger partial charge in [-0.05, 0) is 36.4 Å². The minimum Gasteiger partial charge on any atom is -0.458 e. The van der Waals surface area contributed by atoms with Gasteiger partial charge in [0.1, 0.15) is 11.5 Å². The number of thiophene rings is 1. The van der Waals surface area contributed by atoms with Crippen molar-refractivity contribution in [2.45, 2.75) is 44.7 Å². The van der Waals surface area contributed by atoms with E-state index in [0.29, 0.717) is 12.6 Å². The molecule has 4 nitrogen and oxygen atoms in total. The molecule has 2 N–H and O–H groups in total. The SMILES string of the molecule is O=C(NCc1ccc(-c2cccs2)o1)NC1CCCCC1. The molecule has 1 aliphatic rings. The molecule has 0 aliphatic heterocycles. The van der Waals surface area contributed by atoms with E-state index in [1.807, 2.05) is 29.6 Å². The Morgan fingerprint density at radius 3 is 2.86 bits per heavy atom. The summed E-state index contributed by atoms with van der Waals surface area (Å²) in [6.07, 6.45) is 5.91. The molecule has 1 aliphatic carbocycles. The van der Waals surface area contributed by atoms with Crippen molar-refractivity contribution in [1.29, 1.82) is 0 Å². The Balaban J connectivity index is 1.47. The van der Waals surface area contributed by atoms with Gasteiger partial charge in [0.05, 0.1) is 11.4 Å². The Labute approximate surface area is 128 Å². The molecule has 0 unspecified atom stereocenters. The second-order valence-corrected chi connectivity index (χ2v) is 6.35. The van der Waals surface area contributed by atoms with E-state index in [2.05, 4.69) is 10.6 Å². The van der Waals surface area contributed by atoms with E-state index in [4.69, 9.17) is 4.42 Å². The molecule has 1 saturated carbocycles. The molecule has 0 aromatic carbocycles. The van der Waals surface area contributed by atoms with E-state index >= 15 is 0 Å². The standard InChI is InChI=1S/C16H20N2O2S/c19-16(18-12-5-2-1-3-6-12)17-11-13-8-9-14(20-13)15-7-4-10-21-15/h4,7-10,12H,1-3,5-6,11H2,(H2,17,18,19). The van der Waals surface area contributed by atoms with Crippen molar-refractivity contribution >= 4 is 17.4 Å². The second-order valence-electron chi connectivity index (χ2n) is 5.41. The van der Waals surface area contributed by atoms with Crippen LogP contribution in [-0.2, 0) is 6.54 Å². The number of carbonyl (C=O) groups is 1. The van der Waals surface area contributed by atoms with Gasteiger partial charge in [-0.15, -0.1) is 11.3 Å². The Hall–Kier alpha value is -1.75. The van der Waals surface area contributed by atoms with Gasteiger partial charge in [0.15, 0.2) is 0 Å². The fourth-order valence-corrected chi connectivity index (χ4v) is 3.36. The normalized spacial score (nSPS) is 15.8. The lowest BCUT2D eigenvalue weighted by atomic mass is 9.96. The Morgan fingerprint density at radius 1 is 1.24 bits per heavy atom. The molecule has 2 aromatic heterocycles. The lowest BCUT2D eigenvalue weighted by Gasteiger charge is -2.22. The van der Waals surface area contributed by atoms with Gasteiger partial charge in [-0.2, -0.15) is 0 Å². The number of furan rings is 1. The Kier molecular flexibility index (Phi) is 4.60. The number of hydrogen-bond acceptors (Lipinski definition) is 3. The number of hydrogen-bond donors (Lipinski definition) is 2. The van der Waals surface area contributed by atoms with E-state index in [0.717, 1.165) is 29.2 Å². The molecule has 0 radical (unpaired) electrons. The number of urea groups is 1. The van der Waals surface area contributed by atoms with E-state index in [-0.39, 0.29) is 6.03 Å². The van der Waals surface area contributed by atoms with Crippen LogP contribution in [0.5, 0.6) is 0 Å². The molecule has 1 fully saturated rings. The summed E-state index contributed by atoms with van der Waals surface area (Å²) in [5.41, 5.74) is 0. The smallest absolute Gasteiger partial charge is 0.315 e. The van der Waals surface area contributed by atoms with E-state index in [9.17, 15) is 4.79 Å². The molecule has 2 amide bonds. The highest BCUT2D eigenvalue weighted by atomic mass is 32.1. The first-order chi connectivity index (χ1) is 10.3. The van der Waals surface area contributed by atoms with Gasteiger partial charge in [0.25, 0.3) is 0 Å². The maximum Gasteiger partial charge on any atom is 0.315 e. The van der Waals surface area contributed by atoms with Crippen LogP contribution in [0.3, 0.4) is 0 Å². The zero-order valence-electron chi connectivity index (χ0n) is 11.9. The van der Waals surface area contributed by atoms with Crippen LogP contribution in [0.25, 0.3) is 10.6 Å². The second kappa shape index (κ2) is 6.80. The maximum absolute atomic E-state index is 11.9. The van der Waals surface area contributed by atoms with Gasteiger partial charge in [0.2, 0.25) is 0 Å². The molecular weight excluding hydrogens is 284 g/mol. The predicted molar refractivity (Wildman–Crippen MR) is 84.3 cm³/mol. The zero-order valence-corrected chi connectivity index (χ0v) is 12.7. The van der Waals surface area contributed by atoms with E-state index in [1.54, 1.807) is 11.3 Å². The summed E-state index contributed by atoms with van der Waals surface area (Å²) in [5, 5.41) is 7.92. The Bertz CT molecular complexity index is 571. The molecule has 2 heterocycles. The quantitative estimate of drug-likeness (QED) is 0.892. The third-order valence-corrected chi connectivity index (χ3v) is 4.67. The summed E-state index contributed by atoms with van der Waals surface area (Å²) in [6.45, 7) is 0.421. The summed E-state index contributed by atoms with van der Waals surface area (Å²) in [5.74, 6) is 1.63. The third kappa shape index (κ3) is 3.88. The molecule has 0 atom stereocenters. The molecule has 2 aromatic rings. The summed E-state index contributed by atoms with van der Waals surface area (Å²) in [6, 6.07) is 8.11. The van der Waals surface area contributed by atoms with Gasteiger partial charge in [-0.1, -0.05) is 25.3 Å². The minimum atomic E-state index is -0.101. The minimum absolute atomic E-state index is 0.101. The van der Waals surface area contributed by atoms with Crippen molar-refractivity contribution in [3.05, 3.63) is 35.4 Å². The van der Waals surface area contributed by atoms with Crippen molar-refractivity contribution in [2.24, 2.45) is 0 Å². The van der Waals surface area contributed by atoms with Crippen molar-refractivity contribution in [3.63, 3.8) is 0 Å². The molecule has 21 heavy (non-hydrogen) atoms. The van der Waals surface area contributed by atoms with Gasteiger partial charge in [0, 0.05) is 6.04 Å². The number of carbonyl (C=O) groups excluding carboxylic acids is 1. The number of nitrogens with one attached hydrogen (secondary N) is 2. The van der Waals surface area contributed by atoms with Gasteiger partial charge < -0.3 is 15.1 Å². The van der Waals surface area contributed by atoms with Gasteiger partial charge in [-0.25, -0.2) is 4.79 Å². The monoisotopic (exact) mass is 304 g/mol. The van der Waals surface area contributed by atoms with Crippen molar-refractivity contribution in [2.75, 3.05) is 0 Å². The van der Waals surface area contributed by atoms with Gasteiger partial charge >= 0.3 is 6.03 Å². The van der Waals surface area contributed by atoms with Crippen molar-refractivity contribution in [3.8, 4) is 10.6 Å². The fourth-order valence-electron chi connectivity index (χ4n) is 2.67. The van der Waals surface area contributed by atoms with Crippen LogP contribution in [-0.4, -0.2) is 12.1 Å². The van der Waals surface area contributed by atoms with Crippen LogP contribution in [0.15, 0.2) is 34.1 Å². The van der Waals surface area contributed by atoms with Crippen molar-refractivity contribution in [1.82, 2.24) is 10.6 Å². The summed E-state index contributed by atoms with van der Waals surface area (Å²) >= 11 is 1.64. The highest BCUT2D eigenvalue weighted by Crippen LogP contribution is 2.26. The topological polar surface area (TPSA) is 54.3 Å². The summed E-state index contributed by atoms with van der Waals surface area (Å²) in [4.78, 5) is 13.0. The first-order valence-electron chi connectivity index (χ1n) is 7.48. The number of rotatable bonds is 4. The van der Waals surface area contributed by atoms with Crippen molar-refractivity contribution < 1.29 is 9.21 Å². The predicted octanol–water partition coefficient (Wildman–Crippen LogP) is 4.14. The zero-order chi connectivity index (χ0) is 14.5. The summed E-state index contributed by atoms with van der Waals surface area (Å²) < 4.78 is 5.74. The average Bonchev–Trinajstić information content (AvgIpc) is 3.17. The Morgan fingerprint density at radius 2 is 2.10 bits per heavy atom. The molecule has 0 spiro atoms. The van der Waals surface area contributed by atoms with E-state index < -0.39 is 0 Å². The lowest BCUT2D eigenvalue weighted by molar-refractivity contribution is 0.231. The van der Waals surface area contributed by atoms with Crippen LogP contribution in [0.2, 0.25) is 0 Å². The lowest BCUT2D eigenvalue weighted by Crippen LogP contribution is -2.42. The third-order valence-electron chi connectivity index (χ3n) is 3.79. The molecule has 0 bridgehead atoms. The molecule has 5 heteroatoms. The highest BCUT2D eigenvalue weighted by molar-refractivity contribution is 7.13. The average molecular weight is 304 g/mol. The molecule has 112 valence electrons. The maximum atomic E-state index is 11.9. The fraction of sp³-hybridized carbons (Fsp3) is 0.438. The van der Waals surface area contributed by atoms with E-state index in [1.165, 1.54) is 19.3 Å². The summed E-state index contributed by atoms with van der Waals surface area (Å²) in [7, 11) is 0. The van der Waals surface area contributed by atoms with Crippen LogP contribution in [0, 0.1) is 0 Å². The van der Waals surface area contributed by atoms with Crippen LogP contribution >= 0.6 is 11.3 Å². The van der Waals surface area contributed by atoms with Crippen LogP contribution < -0.4 is 10.6 Å². The first-order valence-corrected chi connectivity index (χ1v) is 8.36. The highest BCUT2D eigenvalue weighted by Gasteiger charge is 2.15. The molecule has 3 rings (SSSR count). The molecular formula is C16H20N2O2S. The van der Waals surface area contributed by atoms with Gasteiger partial charge in [-0.3, -0.25) is 0 Å². The molecule has 0 saturated heterocycles.